The molecule has 0 radical (unpaired) electrons. The van der Waals surface area contributed by atoms with E-state index in [0.717, 1.165) is 31.6 Å². The Morgan fingerprint density at radius 3 is 2.75 bits per heavy atom. The van der Waals surface area contributed by atoms with E-state index in [-0.39, 0.29) is 6.03 Å². The number of amides is 2. The standard InChI is InChI=1S/C22H26N4O2/c23-16-18-8-4-5-12-21(18)28-15-14-26-13-7-6-11-20(26)17-24-22(27)25-19-9-2-1-3-10-19/h1-5,8-10,12,20H,6-7,11,13-15,17H2,(H2,24,25,27)/t20-/m1/s1. The topological polar surface area (TPSA) is 77.4 Å². The van der Waals surface area contributed by atoms with Gasteiger partial charge in [0, 0.05) is 24.8 Å². The van der Waals surface area contributed by atoms with Crippen LogP contribution in [-0.2, 0) is 0 Å². The third-order valence-electron chi connectivity index (χ3n) is 4.92. The van der Waals surface area contributed by atoms with Crippen molar-refractivity contribution < 1.29 is 9.53 Å². The van der Waals surface area contributed by atoms with Crippen molar-refractivity contribution in [2.75, 3.05) is 31.6 Å². The monoisotopic (exact) mass is 378 g/mol. The Morgan fingerprint density at radius 1 is 1.14 bits per heavy atom. The minimum absolute atomic E-state index is 0.184. The van der Waals surface area contributed by atoms with Crippen molar-refractivity contribution in [3.63, 3.8) is 0 Å². The first-order chi connectivity index (χ1) is 13.8. The summed E-state index contributed by atoms with van der Waals surface area (Å²) in [5, 5.41) is 15.0. The van der Waals surface area contributed by atoms with Crippen molar-refractivity contribution in [1.82, 2.24) is 10.2 Å². The number of hydrogen-bond donors (Lipinski definition) is 2. The molecule has 28 heavy (non-hydrogen) atoms. The highest BCUT2D eigenvalue weighted by atomic mass is 16.5. The second kappa shape index (κ2) is 10.3. The molecule has 1 saturated heterocycles. The van der Waals surface area contributed by atoms with Crippen LogP contribution in [-0.4, -0.2) is 43.2 Å². The smallest absolute Gasteiger partial charge is 0.319 e. The lowest BCUT2D eigenvalue weighted by Gasteiger charge is -2.35. The van der Waals surface area contributed by atoms with Crippen molar-refractivity contribution in [2.45, 2.75) is 25.3 Å². The number of rotatable bonds is 7. The molecule has 146 valence electrons. The molecule has 1 aliphatic rings. The van der Waals surface area contributed by atoms with Gasteiger partial charge in [0.05, 0.1) is 5.56 Å². The summed E-state index contributed by atoms with van der Waals surface area (Å²) in [5.41, 5.74) is 1.34. The molecular weight excluding hydrogens is 352 g/mol. The van der Waals surface area contributed by atoms with Crippen LogP contribution < -0.4 is 15.4 Å². The van der Waals surface area contributed by atoms with Gasteiger partial charge in [-0.2, -0.15) is 5.26 Å². The zero-order valence-electron chi connectivity index (χ0n) is 15.9. The summed E-state index contributed by atoms with van der Waals surface area (Å²) in [6, 6.07) is 19.0. The van der Waals surface area contributed by atoms with Crippen molar-refractivity contribution in [3.05, 3.63) is 60.2 Å². The van der Waals surface area contributed by atoms with Gasteiger partial charge in [0.2, 0.25) is 0 Å². The summed E-state index contributed by atoms with van der Waals surface area (Å²) in [4.78, 5) is 14.5. The van der Waals surface area contributed by atoms with Gasteiger partial charge in [-0.25, -0.2) is 4.79 Å². The molecule has 0 aliphatic carbocycles. The number of carbonyl (C=O) groups excluding carboxylic acids is 1. The molecule has 0 unspecified atom stereocenters. The van der Waals surface area contributed by atoms with Crippen molar-refractivity contribution in [2.24, 2.45) is 0 Å². The lowest BCUT2D eigenvalue weighted by molar-refractivity contribution is 0.123. The van der Waals surface area contributed by atoms with E-state index in [1.165, 1.54) is 6.42 Å². The maximum atomic E-state index is 12.1. The summed E-state index contributed by atoms with van der Waals surface area (Å²) < 4.78 is 5.82. The lowest BCUT2D eigenvalue weighted by atomic mass is 10.0. The lowest BCUT2D eigenvalue weighted by Crippen LogP contribution is -2.48. The molecule has 2 aromatic rings. The number of carbonyl (C=O) groups is 1. The molecule has 0 saturated carbocycles. The predicted molar refractivity (Wildman–Crippen MR) is 109 cm³/mol. The highest BCUT2D eigenvalue weighted by Crippen LogP contribution is 2.19. The summed E-state index contributed by atoms with van der Waals surface area (Å²) in [7, 11) is 0. The Labute approximate surface area is 166 Å². The highest BCUT2D eigenvalue weighted by Gasteiger charge is 2.22. The number of para-hydroxylation sites is 2. The Balaban J connectivity index is 1.46. The van der Waals surface area contributed by atoms with E-state index in [9.17, 15) is 4.79 Å². The van der Waals surface area contributed by atoms with Crippen molar-refractivity contribution in [3.8, 4) is 11.8 Å². The number of hydrogen-bond acceptors (Lipinski definition) is 4. The van der Waals surface area contributed by atoms with Crippen molar-refractivity contribution >= 4 is 11.7 Å². The second-order valence-electron chi connectivity index (χ2n) is 6.84. The van der Waals surface area contributed by atoms with Gasteiger partial charge in [-0.3, -0.25) is 4.90 Å². The number of benzene rings is 2. The third kappa shape index (κ3) is 5.73. The molecule has 0 bridgehead atoms. The van der Waals surface area contributed by atoms with Gasteiger partial charge in [0.1, 0.15) is 18.4 Å². The van der Waals surface area contributed by atoms with E-state index in [1.807, 2.05) is 48.5 Å². The molecule has 2 N–H and O–H groups in total. The maximum absolute atomic E-state index is 12.1. The third-order valence-corrected chi connectivity index (χ3v) is 4.92. The van der Waals surface area contributed by atoms with Gasteiger partial charge in [0.15, 0.2) is 0 Å². The van der Waals surface area contributed by atoms with Crippen LogP contribution in [0.4, 0.5) is 10.5 Å². The molecular formula is C22H26N4O2. The maximum Gasteiger partial charge on any atom is 0.319 e. The van der Waals surface area contributed by atoms with Gasteiger partial charge in [0.25, 0.3) is 0 Å². The Kier molecular flexibility index (Phi) is 7.28. The molecule has 2 amide bonds. The Morgan fingerprint density at radius 2 is 1.93 bits per heavy atom. The van der Waals surface area contributed by atoms with Crippen LogP contribution in [0.5, 0.6) is 5.75 Å². The average Bonchev–Trinajstić information content (AvgIpc) is 2.74. The van der Waals surface area contributed by atoms with Gasteiger partial charge in [-0.05, 0) is 43.7 Å². The molecule has 2 aromatic carbocycles. The zero-order valence-corrected chi connectivity index (χ0v) is 15.9. The zero-order chi connectivity index (χ0) is 19.6. The molecule has 3 rings (SSSR count). The van der Waals surface area contributed by atoms with E-state index >= 15 is 0 Å². The summed E-state index contributed by atoms with van der Waals surface area (Å²) in [5.74, 6) is 0.624. The van der Waals surface area contributed by atoms with Crippen LogP contribution in [0.1, 0.15) is 24.8 Å². The first-order valence-electron chi connectivity index (χ1n) is 9.72. The minimum atomic E-state index is -0.184. The summed E-state index contributed by atoms with van der Waals surface area (Å²) >= 11 is 0. The Hall–Kier alpha value is -3.04. The highest BCUT2D eigenvalue weighted by molar-refractivity contribution is 5.89. The van der Waals surface area contributed by atoms with E-state index in [1.54, 1.807) is 6.07 Å². The van der Waals surface area contributed by atoms with Gasteiger partial charge in [-0.15, -0.1) is 0 Å². The van der Waals surface area contributed by atoms with Gasteiger partial charge >= 0.3 is 6.03 Å². The number of nitrogens with zero attached hydrogens (tertiary/aromatic N) is 2. The molecule has 0 aromatic heterocycles. The van der Waals surface area contributed by atoms with Crippen LogP contribution in [0.15, 0.2) is 54.6 Å². The molecule has 1 aliphatic heterocycles. The van der Waals surface area contributed by atoms with Crippen LogP contribution in [0.2, 0.25) is 0 Å². The van der Waals surface area contributed by atoms with Crippen LogP contribution in [0, 0.1) is 11.3 Å². The Bertz CT molecular complexity index is 804. The number of likely N-dealkylation sites (tertiary alicyclic amines) is 1. The van der Waals surface area contributed by atoms with E-state index < -0.39 is 0 Å². The minimum Gasteiger partial charge on any atom is -0.491 e. The summed E-state index contributed by atoms with van der Waals surface area (Å²) in [6.07, 6.45) is 3.38. The van der Waals surface area contributed by atoms with Crippen LogP contribution in [0.3, 0.4) is 0 Å². The second-order valence-corrected chi connectivity index (χ2v) is 6.84. The number of nitriles is 1. The van der Waals surface area contributed by atoms with Gasteiger partial charge < -0.3 is 15.4 Å². The molecule has 1 fully saturated rings. The van der Waals surface area contributed by atoms with E-state index in [4.69, 9.17) is 10.00 Å². The number of nitrogens with one attached hydrogen (secondary N) is 2. The average molecular weight is 378 g/mol. The fraction of sp³-hybridized carbons (Fsp3) is 0.364. The quantitative estimate of drug-likeness (QED) is 0.771. The van der Waals surface area contributed by atoms with Crippen LogP contribution in [0.25, 0.3) is 0 Å². The number of urea groups is 1. The first-order valence-corrected chi connectivity index (χ1v) is 9.72. The molecule has 1 heterocycles. The van der Waals surface area contributed by atoms with Crippen LogP contribution >= 0.6 is 0 Å². The fourth-order valence-corrected chi connectivity index (χ4v) is 3.45. The van der Waals surface area contributed by atoms with Crippen molar-refractivity contribution in [1.29, 1.82) is 5.26 Å². The molecule has 6 nitrogen and oxygen atoms in total. The largest absolute Gasteiger partial charge is 0.491 e. The normalized spacial score (nSPS) is 16.8. The fourth-order valence-electron chi connectivity index (χ4n) is 3.45. The number of anilines is 1. The number of piperidine rings is 1. The number of ether oxygens (including phenoxy) is 1. The first kappa shape index (κ1) is 19.7. The molecule has 6 heteroatoms. The molecule has 1 atom stereocenters. The van der Waals surface area contributed by atoms with Gasteiger partial charge in [-0.1, -0.05) is 36.8 Å². The predicted octanol–water partition coefficient (Wildman–Crippen LogP) is 3.61. The molecule has 0 spiro atoms. The van der Waals surface area contributed by atoms with E-state index in [0.29, 0.717) is 30.5 Å². The van der Waals surface area contributed by atoms with E-state index in [2.05, 4.69) is 21.6 Å². The summed E-state index contributed by atoms with van der Waals surface area (Å²) in [6.45, 7) is 2.89. The SMILES string of the molecule is N#Cc1ccccc1OCCN1CCCC[C@@H]1CNC(=O)Nc1ccccc1.